The first-order valence-electron chi connectivity index (χ1n) is 8.72. The summed E-state index contributed by atoms with van der Waals surface area (Å²) in [7, 11) is 0. The SMILES string of the molecule is CCCCCCCCCc1ccc(O)c(C(C)=NCCN)c1. The summed E-state index contributed by atoms with van der Waals surface area (Å²) in [4.78, 5) is 4.38. The van der Waals surface area contributed by atoms with E-state index in [-0.39, 0.29) is 0 Å². The zero-order valence-corrected chi connectivity index (χ0v) is 14.3. The molecule has 0 unspecified atom stereocenters. The molecule has 1 aromatic rings. The van der Waals surface area contributed by atoms with Crippen LogP contribution in [0.4, 0.5) is 0 Å². The van der Waals surface area contributed by atoms with Gasteiger partial charge in [-0.2, -0.15) is 0 Å². The van der Waals surface area contributed by atoms with Crippen molar-refractivity contribution in [2.45, 2.75) is 65.2 Å². The van der Waals surface area contributed by atoms with Crippen LogP contribution < -0.4 is 5.73 Å². The van der Waals surface area contributed by atoms with Crippen LogP contribution in [0, 0.1) is 0 Å². The van der Waals surface area contributed by atoms with Crippen molar-refractivity contribution < 1.29 is 5.11 Å². The van der Waals surface area contributed by atoms with E-state index in [1.807, 2.05) is 13.0 Å². The van der Waals surface area contributed by atoms with E-state index in [0.29, 0.717) is 18.8 Å². The molecule has 3 nitrogen and oxygen atoms in total. The number of phenols is 1. The molecule has 0 spiro atoms. The van der Waals surface area contributed by atoms with E-state index in [4.69, 9.17) is 5.73 Å². The number of aromatic hydroxyl groups is 1. The van der Waals surface area contributed by atoms with Crippen molar-refractivity contribution in [2.75, 3.05) is 13.1 Å². The van der Waals surface area contributed by atoms with E-state index < -0.39 is 0 Å². The second kappa shape index (κ2) is 11.2. The van der Waals surface area contributed by atoms with Gasteiger partial charge in [0, 0.05) is 17.8 Å². The molecule has 0 heterocycles. The average molecular weight is 304 g/mol. The highest BCUT2D eigenvalue weighted by Gasteiger charge is 2.06. The van der Waals surface area contributed by atoms with Gasteiger partial charge < -0.3 is 10.8 Å². The number of aliphatic imine (C=N–C) groups is 1. The lowest BCUT2D eigenvalue weighted by Crippen LogP contribution is -2.06. The van der Waals surface area contributed by atoms with E-state index in [0.717, 1.165) is 17.7 Å². The Morgan fingerprint density at radius 1 is 1.09 bits per heavy atom. The molecule has 0 aliphatic carbocycles. The first kappa shape index (κ1) is 18.7. The number of phenolic OH excluding ortho intramolecular Hbond substituents is 1. The van der Waals surface area contributed by atoms with Crippen LogP contribution in [0.2, 0.25) is 0 Å². The smallest absolute Gasteiger partial charge is 0.124 e. The Morgan fingerprint density at radius 2 is 1.77 bits per heavy atom. The maximum atomic E-state index is 9.98. The van der Waals surface area contributed by atoms with Crippen LogP contribution in [-0.4, -0.2) is 23.9 Å². The van der Waals surface area contributed by atoms with Crippen LogP contribution in [0.25, 0.3) is 0 Å². The van der Waals surface area contributed by atoms with Gasteiger partial charge in [-0.25, -0.2) is 0 Å². The number of rotatable bonds is 11. The van der Waals surface area contributed by atoms with Gasteiger partial charge in [0.25, 0.3) is 0 Å². The first-order valence-corrected chi connectivity index (χ1v) is 8.72. The topological polar surface area (TPSA) is 58.6 Å². The normalized spacial score (nSPS) is 11.9. The molecule has 0 aromatic heterocycles. The summed E-state index contributed by atoms with van der Waals surface area (Å²) in [5.74, 6) is 0.307. The van der Waals surface area contributed by atoms with Crippen LogP contribution in [-0.2, 0) is 6.42 Å². The molecule has 22 heavy (non-hydrogen) atoms. The Labute approximate surface area is 135 Å². The van der Waals surface area contributed by atoms with Gasteiger partial charge in [0.2, 0.25) is 0 Å². The maximum absolute atomic E-state index is 9.98. The molecular formula is C19H32N2O. The van der Waals surface area contributed by atoms with Crippen molar-refractivity contribution >= 4 is 5.71 Å². The molecule has 0 saturated carbocycles. The van der Waals surface area contributed by atoms with Crippen molar-refractivity contribution in [1.82, 2.24) is 0 Å². The molecule has 0 aliphatic rings. The van der Waals surface area contributed by atoms with Crippen LogP contribution in [0.1, 0.15) is 69.9 Å². The van der Waals surface area contributed by atoms with Gasteiger partial charge in [0.15, 0.2) is 0 Å². The molecule has 0 aliphatic heterocycles. The molecule has 3 heteroatoms. The minimum atomic E-state index is 0.307. The van der Waals surface area contributed by atoms with E-state index >= 15 is 0 Å². The molecule has 1 aromatic carbocycles. The predicted molar refractivity (Wildman–Crippen MR) is 95.9 cm³/mol. The third-order valence-electron chi connectivity index (χ3n) is 4.00. The summed E-state index contributed by atoms with van der Waals surface area (Å²) in [5, 5.41) is 9.98. The second-order valence-electron chi connectivity index (χ2n) is 5.98. The third-order valence-corrected chi connectivity index (χ3v) is 4.00. The second-order valence-corrected chi connectivity index (χ2v) is 5.98. The largest absolute Gasteiger partial charge is 0.507 e. The van der Waals surface area contributed by atoms with Gasteiger partial charge in [-0.05, 0) is 37.5 Å². The zero-order valence-electron chi connectivity index (χ0n) is 14.3. The highest BCUT2D eigenvalue weighted by molar-refractivity contribution is 6.01. The van der Waals surface area contributed by atoms with Crippen LogP contribution in [0.15, 0.2) is 23.2 Å². The van der Waals surface area contributed by atoms with Crippen molar-refractivity contribution in [2.24, 2.45) is 10.7 Å². The van der Waals surface area contributed by atoms with Gasteiger partial charge in [-0.15, -0.1) is 0 Å². The molecular weight excluding hydrogens is 272 g/mol. The monoisotopic (exact) mass is 304 g/mol. The van der Waals surface area contributed by atoms with Crippen molar-refractivity contribution in [3.8, 4) is 5.75 Å². The summed E-state index contributed by atoms with van der Waals surface area (Å²) >= 11 is 0. The quantitative estimate of drug-likeness (QED) is 0.468. The molecule has 0 atom stereocenters. The maximum Gasteiger partial charge on any atom is 0.124 e. The van der Waals surface area contributed by atoms with E-state index in [1.165, 1.54) is 50.5 Å². The summed E-state index contributed by atoms with van der Waals surface area (Å²) in [5.41, 5.74) is 8.47. The Kier molecular flexibility index (Phi) is 9.56. The van der Waals surface area contributed by atoms with Crippen molar-refractivity contribution in [3.05, 3.63) is 29.3 Å². The first-order chi connectivity index (χ1) is 10.7. The molecule has 0 fully saturated rings. The summed E-state index contributed by atoms with van der Waals surface area (Å²) in [6.45, 7) is 5.33. The minimum absolute atomic E-state index is 0.307. The van der Waals surface area contributed by atoms with Crippen LogP contribution in [0.5, 0.6) is 5.75 Å². The van der Waals surface area contributed by atoms with Crippen molar-refractivity contribution in [1.29, 1.82) is 0 Å². The fourth-order valence-electron chi connectivity index (χ4n) is 2.63. The van der Waals surface area contributed by atoms with Gasteiger partial charge in [0.1, 0.15) is 5.75 Å². The molecule has 0 bridgehead atoms. The van der Waals surface area contributed by atoms with Gasteiger partial charge in [0.05, 0.1) is 6.54 Å². The number of nitrogens with two attached hydrogens (primary N) is 1. The molecule has 0 radical (unpaired) electrons. The number of hydrogen-bond acceptors (Lipinski definition) is 3. The molecule has 1 rings (SSSR count). The van der Waals surface area contributed by atoms with Gasteiger partial charge >= 0.3 is 0 Å². The number of nitrogens with zero attached hydrogens (tertiary/aromatic N) is 1. The Hall–Kier alpha value is -1.35. The van der Waals surface area contributed by atoms with E-state index in [2.05, 4.69) is 18.0 Å². The lowest BCUT2D eigenvalue weighted by Gasteiger charge is -2.08. The zero-order chi connectivity index (χ0) is 16.2. The fourth-order valence-corrected chi connectivity index (χ4v) is 2.63. The number of aryl methyl sites for hydroxylation is 1. The van der Waals surface area contributed by atoms with Crippen LogP contribution >= 0.6 is 0 Å². The lowest BCUT2D eigenvalue weighted by atomic mass is 10.0. The summed E-state index contributed by atoms with van der Waals surface area (Å²) in [6.07, 6.45) is 10.3. The van der Waals surface area contributed by atoms with Crippen molar-refractivity contribution in [3.63, 3.8) is 0 Å². The predicted octanol–water partition coefficient (Wildman–Crippen LogP) is 4.45. The lowest BCUT2D eigenvalue weighted by molar-refractivity contribution is 0.473. The third kappa shape index (κ3) is 7.08. The Morgan fingerprint density at radius 3 is 2.45 bits per heavy atom. The van der Waals surface area contributed by atoms with E-state index in [1.54, 1.807) is 6.07 Å². The molecule has 3 N–H and O–H groups in total. The fraction of sp³-hybridized carbons (Fsp3) is 0.632. The van der Waals surface area contributed by atoms with Gasteiger partial charge in [-0.1, -0.05) is 51.5 Å². The molecule has 0 amide bonds. The molecule has 124 valence electrons. The minimum Gasteiger partial charge on any atom is -0.507 e. The summed E-state index contributed by atoms with van der Waals surface area (Å²) < 4.78 is 0. The number of hydrogen-bond donors (Lipinski definition) is 2. The Bertz CT molecular complexity index is 455. The Balaban J connectivity index is 2.45. The number of benzene rings is 1. The standard InChI is InChI=1S/C19H32N2O/c1-3-4-5-6-7-8-9-10-17-11-12-19(22)18(15-17)16(2)21-14-13-20/h11-12,15,22H,3-10,13-14,20H2,1-2H3. The average Bonchev–Trinajstić information content (AvgIpc) is 2.53. The van der Waals surface area contributed by atoms with Crippen LogP contribution in [0.3, 0.4) is 0 Å². The highest BCUT2D eigenvalue weighted by Crippen LogP contribution is 2.21. The number of unbranched alkanes of at least 4 members (excludes halogenated alkanes) is 6. The van der Waals surface area contributed by atoms with E-state index in [9.17, 15) is 5.11 Å². The highest BCUT2D eigenvalue weighted by atomic mass is 16.3. The molecule has 0 saturated heterocycles. The summed E-state index contributed by atoms with van der Waals surface area (Å²) in [6, 6.07) is 5.88. The van der Waals surface area contributed by atoms with Gasteiger partial charge in [-0.3, -0.25) is 4.99 Å².